The third kappa shape index (κ3) is 2.57. The molecule has 0 saturated carbocycles. The first-order valence-electron chi connectivity index (χ1n) is 4.23. The summed E-state index contributed by atoms with van der Waals surface area (Å²) in [7, 11) is 0. The first-order valence-corrected chi connectivity index (χ1v) is 4.61. The number of ether oxygens (including phenoxy) is 1. The molecule has 0 fully saturated rings. The molecule has 1 aromatic rings. The van der Waals surface area contributed by atoms with Gasteiger partial charge in [0.25, 0.3) is 0 Å². The first kappa shape index (κ1) is 11.7. The number of hydrogen-bond acceptors (Lipinski definition) is 2. The lowest BCUT2D eigenvalue weighted by atomic mass is 10.1. The highest BCUT2D eigenvalue weighted by molar-refractivity contribution is 6.32. The maximum Gasteiger partial charge on any atom is 0.357 e. The van der Waals surface area contributed by atoms with E-state index in [0.29, 0.717) is 12.4 Å². The SMILES string of the molecule is CCOc1ccc(C(F)(F)C#N)cc1Cl. The van der Waals surface area contributed by atoms with Crippen LogP contribution in [0.15, 0.2) is 18.2 Å². The lowest BCUT2D eigenvalue weighted by Gasteiger charge is -2.10. The zero-order chi connectivity index (χ0) is 11.5. The van der Waals surface area contributed by atoms with Crippen molar-refractivity contribution in [2.45, 2.75) is 12.8 Å². The van der Waals surface area contributed by atoms with Gasteiger partial charge in [0.05, 0.1) is 11.6 Å². The second-order valence-corrected chi connectivity index (χ2v) is 3.17. The van der Waals surface area contributed by atoms with E-state index < -0.39 is 11.5 Å². The molecule has 0 aliphatic heterocycles. The summed E-state index contributed by atoms with van der Waals surface area (Å²) in [6.45, 7) is 2.15. The average Bonchev–Trinajstić information content (AvgIpc) is 2.21. The van der Waals surface area contributed by atoms with Crippen molar-refractivity contribution >= 4 is 11.6 Å². The fraction of sp³-hybridized carbons (Fsp3) is 0.300. The minimum atomic E-state index is -3.52. The van der Waals surface area contributed by atoms with Crippen LogP contribution < -0.4 is 4.74 Å². The van der Waals surface area contributed by atoms with Crippen molar-refractivity contribution in [1.82, 2.24) is 0 Å². The summed E-state index contributed by atoms with van der Waals surface area (Å²) in [5.74, 6) is -3.19. The maximum atomic E-state index is 12.9. The number of hydrogen-bond donors (Lipinski definition) is 0. The van der Waals surface area contributed by atoms with Gasteiger partial charge in [-0.1, -0.05) is 11.6 Å². The van der Waals surface area contributed by atoms with E-state index in [4.69, 9.17) is 21.6 Å². The van der Waals surface area contributed by atoms with E-state index in [0.717, 1.165) is 18.2 Å². The average molecular weight is 232 g/mol. The lowest BCUT2D eigenvalue weighted by Crippen LogP contribution is -2.09. The quantitative estimate of drug-likeness (QED) is 0.799. The van der Waals surface area contributed by atoms with Crippen molar-refractivity contribution in [3.8, 4) is 11.8 Å². The van der Waals surface area contributed by atoms with Crippen LogP contribution in [0.3, 0.4) is 0 Å². The van der Waals surface area contributed by atoms with Crippen LogP contribution in [0.25, 0.3) is 0 Å². The minimum absolute atomic E-state index is 0.0734. The molecule has 0 radical (unpaired) electrons. The molecule has 0 aliphatic rings. The highest BCUT2D eigenvalue weighted by Gasteiger charge is 2.31. The zero-order valence-corrected chi connectivity index (χ0v) is 8.68. The van der Waals surface area contributed by atoms with Crippen molar-refractivity contribution in [3.63, 3.8) is 0 Å². The summed E-state index contributed by atoms with van der Waals surface area (Å²) in [5, 5.41) is 8.31. The summed E-state index contributed by atoms with van der Waals surface area (Å²) in [4.78, 5) is 0. The van der Waals surface area contributed by atoms with E-state index in [1.807, 2.05) is 0 Å². The molecule has 0 atom stereocenters. The van der Waals surface area contributed by atoms with Gasteiger partial charge in [0.2, 0.25) is 0 Å². The topological polar surface area (TPSA) is 33.0 Å². The number of nitriles is 1. The Labute approximate surface area is 91.0 Å². The fourth-order valence-corrected chi connectivity index (χ4v) is 1.27. The Bertz CT molecular complexity index is 401. The van der Waals surface area contributed by atoms with E-state index in [1.54, 1.807) is 6.92 Å². The van der Waals surface area contributed by atoms with E-state index in [1.165, 1.54) is 6.07 Å². The van der Waals surface area contributed by atoms with Crippen LogP contribution in [0.4, 0.5) is 8.78 Å². The number of halogens is 3. The third-order valence-corrected chi connectivity index (χ3v) is 2.03. The Morgan fingerprint density at radius 2 is 2.20 bits per heavy atom. The highest BCUT2D eigenvalue weighted by Crippen LogP contribution is 2.33. The largest absolute Gasteiger partial charge is 0.492 e. The Morgan fingerprint density at radius 3 is 2.67 bits per heavy atom. The van der Waals surface area contributed by atoms with Crippen LogP contribution >= 0.6 is 11.6 Å². The van der Waals surface area contributed by atoms with Crippen LogP contribution in [0.2, 0.25) is 5.02 Å². The number of rotatable bonds is 3. The van der Waals surface area contributed by atoms with Crippen molar-refractivity contribution in [2.24, 2.45) is 0 Å². The van der Waals surface area contributed by atoms with Gasteiger partial charge < -0.3 is 4.74 Å². The van der Waals surface area contributed by atoms with Gasteiger partial charge in [-0.3, -0.25) is 0 Å². The predicted octanol–water partition coefficient (Wildman–Crippen LogP) is 3.35. The summed E-state index contributed by atoms with van der Waals surface area (Å²) in [6, 6.07) is 4.39. The maximum absolute atomic E-state index is 12.9. The molecule has 1 aromatic carbocycles. The minimum Gasteiger partial charge on any atom is -0.492 e. The van der Waals surface area contributed by atoms with Gasteiger partial charge in [-0.2, -0.15) is 14.0 Å². The monoisotopic (exact) mass is 231 g/mol. The van der Waals surface area contributed by atoms with E-state index in [-0.39, 0.29) is 5.02 Å². The van der Waals surface area contributed by atoms with Gasteiger partial charge >= 0.3 is 5.92 Å². The van der Waals surface area contributed by atoms with Crippen LogP contribution in [-0.2, 0) is 5.92 Å². The lowest BCUT2D eigenvalue weighted by molar-refractivity contribution is 0.0612. The van der Waals surface area contributed by atoms with Crippen molar-refractivity contribution in [2.75, 3.05) is 6.61 Å². The third-order valence-electron chi connectivity index (χ3n) is 1.73. The Morgan fingerprint density at radius 1 is 1.53 bits per heavy atom. The van der Waals surface area contributed by atoms with Crippen molar-refractivity contribution < 1.29 is 13.5 Å². The molecule has 2 nitrogen and oxygen atoms in total. The molecule has 0 spiro atoms. The molecule has 5 heteroatoms. The van der Waals surface area contributed by atoms with E-state index >= 15 is 0 Å². The molecule has 1 rings (SSSR count). The molecule has 0 bridgehead atoms. The first-order chi connectivity index (χ1) is 7.01. The molecule has 80 valence electrons. The second-order valence-electron chi connectivity index (χ2n) is 2.76. The van der Waals surface area contributed by atoms with Gasteiger partial charge in [0, 0.05) is 5.56 Å². The normalized spacial score (nSPS) is 10.9. The molecule has 0 aromatic heterocycles. The van der Waals surface area contributed by atoms with Crippen molar-refractivity contribution in [1.29, 1.82) is 5.26 Å². The van der Waals surface area contributed by atoms with Gasteiger partial charge in [-0.05, 0) is 25.1 Å². The molecule has 0 aliphatic carbocycles. The Kier molecular flexibility index (Phi) is 3.48. The molecule has 0 heterocycles. The highest BCUT2D eigenvalue weighted by atomic mass is 35.5. The van der Waals surface area contributed by atoms with E-state index in [9.17, 15) is 8.78 Å². The molecule has 0 unspecified atom stereocenters. The fourth-order valence-electron chi connectivity index (χ4n) is 1.03. The molecule has 15 heavy (non-hydrogen) atoms. The summed E-state index contributed by atoms with van der Waals surface area (Å²) in [6.07, 6.45) is 0. The molecule has 0 amide bonds. The molecular formula is C10H8ClF2NO. The number of nitrogens with zero attached hydrogens (tertiary/aromatic N) is 1. The molecule has 0 N–H and O–H groups in total. The van der Waals surface area contributed by atoms with Crippen LogP contribution in [0.5, 0.6) is 5.75 Å². The second kappa shape index (κ2) is 4.45. The Balaban J connectivity index is 3.08. The summed E-state index contributed by atoms with van der Waals surface area (Å²) < 4.78 is 30.9. The van der Waals surface area contributed by atoms with Crippen LogP contribution in [0.1, 0.15) is 12.5 Å². The van der Waals surface area contributed by atoms with Gasteiger partial charge in [0.1, 0.15) is 11.8 Å². The van der Waals surface area contributed by atoms with Crippen LogP contribution in [0, 0.1) is 11.3 Å². The Hall–Kier alpha value is -1.34. The summed E-state index contributed by atoms with van der Waals surface area (Å²) >= 11 is 5.70. The standard InChI is InChI=1S/C10H8ClF2NO/c1-2-15-9-4-3-7(5-8(9)11)10(12,13)6-14/h3-5H,2H2,1H3. The van der Waals surface area contributed by atoms with Gasteiger partial charge in [-0.15, -0.1) is 0 Å². The molecular weight excluding hydrogens is 224 g/mol. The number of benzene rings is 1. The summed E-state index contributed by atoms with van der Waals surface area (Å²) in [5.41, 5.74) is -0.432. The smallest absolute Gasteiger partial charge is 0.357 e. The predicted molar refractivity (Wildman–Crippen MR) is 52.1 cm³/mol. The zero-order valence-electron chi connectivity index (χ0n) is 7.93. The van der Waals surface area contributed by atoms with Gasteiger partial charge in [-0.25, -0.2) is 0 Å². The number of alkyl halides is 2. The van der Waals surface area contributed by atoms with E-state index in [2.05, 4.69) is 0 Å². The van der Waals surface area contributed by atoms with Crippen molar-refractivity contribution in [3.05, 3.63) is 28.8 Å². The van der Waals surface area contributed by atoms with Crippen LogP contribution in [-0.4, -0.2) is 6.61 Å². The molecule has 0 saturated heterocycles. The van der Waals surface area contributed by atoms with Gasteiger partial charge in [0.15, 0.2) is 0 Å².